The lowest BCUT2D eigenvalue weighted by Crippen LogP contribution is -2.31. The van der Waals surface area contributed by atoms with E-state index in [0.29, 0.717) is 0 Å². The highest BCUT2D eigenvalue weighted by Crippen LogP contribution is 2.33. The Morgan fingerprint density at radius 3 is 1.05 bits per heavy atom. The number of imidazole rings is 2. The molecule has 0 aliphatic rings. The Kier molecular flexibility index (Phi) is 6.05. The van der Waals surface area contributed by atoms with E-state index in [0.717, 1.165) is 11.6 Å². The predicted octanol–water partition coefficient (Wildman–Crippen LogP) is 8.53. The summed E-state index contributed by atoms with van der Waals surface area (Å²) in [5, 5.41) is 0. The van der Waals surface area contributed by atoms with Crippen molar-refractivity contribution in [3.8, 4) is 11.6 Å². The summed E-state index contributed by atoms with van der Waals surface area (Å²) in [6, 6.07) is 18.7. The summed E-state index contributed by atoms with van der Waals surface area (Å²) in [6.45, 7) is 27.5. The van der Waals surface area contributed by atoms with E-state index in [1.165, 1.54) is 44.3 Å². The molecule has 218 valence electrons. The summed E-state index contributed by atoms with van der Waals surface area (Å²) in [7, 11) is 0. The molecule has 0 aromatic carbocycles. The fourth-order valence-corrected chi connectivity index (χ4v) is 6.06. The molecule has 0 spiro atoms. The van der Waals surface area contributed by atoms with Crippen LogP contribution in [0.1, 0.15) is 105 Å². The Morgan fingerprint density at radius 2 is 0.738 bits per heavy atom. The fourth-order valence-electron chi connectivity index (χ4n) is 6.06. The van der Waals surface area contributed by atoms with Crippen LogP contribution in [-0.2, 0) is 21.7 Å². The number of hydrogen-bond donors (Lipinski definition) is 0. The number of aromatic nitrogens is 4. The minimum atomic E-state index is 0.0563. The zero-order valence-electron chi connectivity index (χ0n) is 27.7. The standard InChI is InChI=1S/C38H48N4/c1-35(2,3)25-13-17-39-29(21-25)30-22-26(36(4,5)6)14-18-40(30)33(39)34-41-19-15-27(37(7,8)9)23-31(41)32-24-28(38(10,11)12)16-20-42(32)34/h13-24H,1-12H3/q+2. The summed E-state index contributed by atoms with van der Waals surface area (Å²) in [5.74, 6) is 2.28. The first-order chi connectivity index (χ1) is 19.4. The first kappa shape index (κ1) is 28.5. The molecule has 6 aromatic rings. The molecule has 0 N–H and O–H groups in total. The average Bonchev–Trinajstić information content (AvgIpc) is 3.37. The first-order valence-electron chi connectivity index (χ1n) is 15.4. The zero-order chi connectivity index (χ0) is 30.6. The molecule has 0 saturated heterocycles. The fraction of sp³-hybridized carbons (Fsp3) is 0.421. The second-order valence-electron chi connectivity index (χ2n) is 16.3. The van der Waals surface area contributed by atoms with E-state index < -0.39 is 0 Å². The predicted molar refractivity (Wildman–Crippen MR) is 175 cm³/mol. The molecule has 0 radical (unpaired) electrons. The number of rotatable bonds is 1. The van der Waals surface area contributed by atoms with Gasteiger partial charge in [0.15, 0.2) is 22.1 Å². The maximum Gasteiger partial charge on any atom is 0.384 e. The largest absolute Gasteiger partial charge is 0.384 e. The van der Waals surface area contributed by atoms with Gasteiger partial charge in [-0.05, 0) is 92.4 Å². The van der Waals surface area contributed by atoms with Gasteiger partial charge in [0.2, 0.25) is 0 Å². The van der Waals surface area contributed by atoms with Crippen molar-refractivity contribution in [1.29, 1.82) is 0 Å². The van der Waals surface area contributed by atoms with Crippen molar-refractivity contribution in [2.75, 3.05) is 0 Å². The topological polar surface area (TPSA) is 17.0 Å². The van der Waals surface area contributed by atoms with E-state index in [9.17, 15) is 0 Å². The van der Waals surface area contributed by atoms with Gasteiger partial charge in [-0.3, -0.25) is 0 Å². The molecule has 0 aliphatic heterocycles. The third kappa shape index (κ3) is 4.51. The van der Waals surface area contributed by atoms with Crippen molar-refractivity contribution in [3.63, 3.8) is 0 Å². The molecule has 6 aromatic heterocycles. The molecule has 0 aliphatic carbocycles. The van der Waals surface area contributed by atoms with Gasteiger partial charge < -0.3 is 0 Å². The minimum Gasteiger partial charge on any atom is -0.188 e. The maximum absolute atomic E-state index is 2.39. The van der Waals surface area contributed by atoms with Gasteiger partial charge >= 0.3 is 11.6 Å². The van der Waals surface area contributed by atoms with Gasteiger partial charge in [0.05, 0.1) is 24.8 Å². The van der Waals surface area contributed by atoms with E-state index in [2.05, 4.69) is 174 Å². The molecule has 0 saturated carbocycles. The van der Waals surface area contributed by atoms with Gasteiger partial charge in [-0.1, -0.05) is 83.1 Å². The smallest absolute Gasteiger partial charge is 0.188 e. The van der Waals surface area contributed by atoms with E-state index in [4.69, 9.17) is 0 Å². The summed E-state index contributed by atoms with van der Waals surface area (Å²) in [4.78, 5) is 0. The monoisotopic (exact) mass is 560 g/mol. The lowest BCUT2D eigenvalue weighted by atomic mass is 9.86. The van der Waals surface area contributed by atoms with Crippen LogP contribution in [0.5, 0.6) is 0 Å². The highest BCUT2D eigenvalue weighted by atomic mass is 15.2. The number of fused-ring (bicyclic) bond motifs is 6. The van der Waals surface area contributed by atoms with Gasteiger partial charge in [0.25, 0.3) is 0 Å². The molecule has 0 bridgehead atoms. The minimum absolute atomic E-state index is 0.0563. The third-order valence-electron chi connectivity index (χ3n) is 8.92. The van der Waals surface area contributed by atoms with Crippen molar-refractivity contribution in [2.45, 2.75) is 105 Å². The molecular formula is C38H48N4+2. The Hall–Kier alpha value is -3.66. The van der Waals surface area contributed by atoms with Crippen molar-refractivity contribution in [3.05, 3.63) is 95.6 Å². The van der Waals surface area contributed by atoms with Crippen LogP contribution in [0, 0.1) is 0 Å². The van der Waals surface area contributed by atoms with Crippen molar-refractivity contribution < 1.29 is 8.80 Å². The van der Waals surface area contributed by atoms with Crippen LogP contribution < -0.4 is 8.80 Å². The van der Waals surface area contributed by atoms with Gasteiger partial charge in [0.1, 0.15) is 0 Å². The van der Waals surface area contributed by atoms with Crippen molar-refractivity contribution >= 4 is 22.1 Å². The Morgan fingerprint density at radius 1 is 0.429 bits per heavy atom. The molecular weight excluding hydrogens is 512 g/mol. The van der Waals surface area contributed by atoms with Crippen molar-refractivity contribution in [1.82, 2.24) is 8.80 Å². The second kappa shape index (κ2) is 8.92. The van der Waals surface area contributed by atoms with Gasteiger partial charge in [-0.25, -0.2) is 0 Å². The first-order valence-corrected chi connectivity index (χ1v) is 15.4. The van der Waals surface area contributed by atoms with Gasteiger partial charge in [-0.15, -0.1) is 0 Å². The molecule has 6 rings (SSSR count). The van der Waals surface area contributed by atoms with Crippen LogP contribution >= 0.6 is 0 Å². The maximum atomic E-state index is 2.39. The molecule has 6 heterocycles. The normalized spacial score (nSPS) is 13.7. The Balaban J connectivity index is 1.80. The lowest BCUT2D eigenvalue weighted by molar-refractivity contribution is -0.534. The SMILES string of the molecule is CC(C)(C)c1ccn2c(-c3n4ccc(C(C)(C)C)cc4c4cc(C(C)(C)C)cc[n+]34)[n+]3ccc(C(C)(C)C)cc3c2c1. The van der Waals surface area contributed by atoms with Crippen LogP contribution in [0.25, 0.3) is 33.7 Å². The average molecular weight is 561 g/mol. The number of pyridine rings is 4. The van der Waals surface area contributed by atoms with Crippen LogP contribution in [0.4, 0.5) is 0 Å². The molecule has 0 fully saturated rings. The highest BCUT2D eigenvalue weighted by Gasteiger charge is 2.36. The Labute approximate surface area is 251 Å². The molecule has 4 heteroatoms. The molecule has 0 unspecified atom stereocenters. The number of hydrogen-bond acceptors (Lipinski definition) is 0. The van der Waals surface area contributed by atoms with Crippen molar-refractivity contribution in [2.24, 2.45) is 0 Å². The summed E-state index contributed by atoms with van der Waals surface area (Å²) < 4.78 is 9.56. The second-order valence-corrected chi connectivity index (χ2v) is 16.3. The zero-order valence-corrected chi connectivity index (χ0v) is 27.7. The van der Waals surface area contributed by atoms with Gasteiger partial charge in [-0.2, -0.15) is 17.6 Å². The summed E-state index contributed by atoms with van der Waals surface area (Å²) >= 11 is 0. The van der Waals surface area contributed by atoms with Crippen LogP contribution in [0.3, 0.4) is 0 Å². The van der Waals surface area contributed by atoms with E-state index in [-0.39, 0.29) is 21.7 Å². The molecule has 4 nitrogen and oxygen atoms in total. The Bertz CT molecular complexity index is 1720. The highest BCUT2D eigenvalue weighted by molar-refractivity contribution is 5.79. The van der Waals surface area contributed by atoms with E-state index in [1.54, 1.807) is 0 Å². The molecule has 0 atom stereocenters. The van der Waals surface area contributed by atoms with E-state index >= 15 is 0 Å². The summed E-state index contributed by atoms with van der Waals surface area (Å²) in [5.41, 5.74) is 10.5. The van der Waals surface area contributed by atoms with Crippen LogP contribution in [0.15, 0.2) is 73.3 Å². The quantitative estimate of drug-likeness (QED) is 0.179. The van der Waals surface area contributed by atoms with Crippen LogP contribution in [0.2, 0.25) is 0 Å². The lowest BCUT2D eigenvalue weighted by Gasteiger charge is -2.18. The molecule has 0 amide bonds. The van der Waals surface area contributed by atoms with Gasteiger partial charge in [0, 0.05) is 0 Å². The van der Waals surface area contributed by atoms with E-state index in [1.807, 2.05) is 0 Å². The third-order valence-corrected chi connectivity index (χ3v) is 8.92. The molecule has 42 heavy (non-hydrogen) atoms. The summed E-state index contributed by atoms with van der Waals surface area (Å²) in [6.07, 6.45) is 9.09. The van der Waals surface area contributed by atoms with Crippen LogP contribution in [-0.4, -0.2) is 8.80 Å². The number of nitrogens with zero attached hydrogens (tertiary/aromatic N) is 4.